The standard InChI is InChI=1S/C9H13N5S/c1-13-5-8(4-11-13)6-14-3-2-9(12-14)10-7-15/h2-5,15H,6-7H2,1H3,(H,10,12). The highest BCUT2D eigenvalue weighted by atomic mass is 32.1. The van der Waals surface area contributed by atoms with E-state index in [2.05, 4.69) is 28.1 Å². The third-order valence-corrected chi connectivity index (χ3v) is 2.16. The average Bonchev–Trinajstić information content (AvgIpc) is 2.78. The molecular formula is C9H13N5S. The van der Waals surface area contributed by atoms with Crippen LogP contribution in [0.4, 0.5) is 5.82 Å². The fraction of sp³-hybridized carbons (Fsp3) is 0.333. The highest BCUT2D eigenvalue weighted by molar-refractivity contribution is 7.80. The van der Waals surface area contributed by atoms with Crippen LogP contribution < -0.4 is 5.32 Å². The van der Waals surface area contributed by atoms with Crippen molar-refractivity contribution in [3.63, 3.8) is 0 Å². The van der Waals surface area contributed by atoms with Crippen molar-refractivity contribution in [3.8, 4) is 0 Å². The number of nitrogens with one attached hydrogen (secondary N) is 1. The van der Waals surface area contributed by atoms with E-state index in [9.17, 15) is 0 Å². The summed E-state index contributed by atoms with van der Waals surface area (Å²) in [7, 11) is 1.90. The Labute approximate surface area is 93.5 Å². The minimum Gasteiger partial charge on any atom is -0.360 e. The smallest absolute Gasteiger partial charge is 0.148 e. The van der Waals surface area contributed by atoms with Crippen LogP contribution in [0, 0.1) is 0 Å². The Morgan fingerprint density at radius 1 is 1.53 bits per heavy atom. The van der Waals surface area contributed by atoms with E-state index in [0.717, 1.165) is 17.9 Å². The molecule has 6 heteroatoms. The second-order valence-electron chi connectivity index (χ2n) is 3.26. The summed E-state index contributed by atoms with van der Waals surface area (Å²) in [6.45, 7) is 0.738. The van der Waals surface area contributed by atoms with Gasteiger partial charge in [-0.25, -0.2) is 0 Å². The van der Waals surface area contributed by atoms with Crippen LogP contribution in [0.5, 0.6) is 0 Å². The van der Waals surface area contributed by atoms with Crippen LogP contribution in [0.25, 0.3) is 0 Å². The number of aryl methyl sites for hydroxylation is 1. The van der Waals surface area contributed by atoms with Crippen molar-refractivity contribution in [1.29, 1.82) is 0 Å². The Morgan fingerprint density at radius 2 is 2.40 bits per heavy atom. The van der Waals surface area contributed by atoms with Crippen molar-refractivity contribution >= 4 is 18.4 Å². The fourth-order valence-electron chi connectivity index (χ4n) is 1.37. The van der Waals surface area contributed by atoms with E-state index in [0.29, 0.717) is 5.88 Å². The van der Waals surface area contributed by atoms with Gasteiger partial charge in [0.25, 0.3) is 0 Å². The molecule has 2 aromatic heterocycles. The number of nitrogens with zero attached hydrogens (tertiary/aromatic N) is 4. The lowest BCUT2D eigenvalue weighted by molar-refractivity contribution is 0.687. The Kier molecular flexibility index (Phi) is 2.96. The molecule has 0 aliphatic carbocycles. The van der Waals surface area contributed by atoms with Crippen molar-refractivity contribution in [2.24, 2.45) is 7.05 Å². The van der Waals surface area contributed by atoms with Crippen molar-refractivity contribution in [2.75, 3.05) is 11.2 Å². The summed E-state index contributed by atoms with van der Waals surface area (Å²) in [6, 6.07) is 1.92. The van der Waals surface area contributed by atoms with Gasteiger partial charge in [-0.2, -0.15) is 22.8 Å². The van der Waals surface area contributed by atoms with Gasteiger partial charge in [0, 0.05) is 31.1 Å². The van der Waals surface area contributed by atoms with Gasteiger partial charge in [0.2, 0.25) is 0 Å². The van der Waals surface area contributed by atoms with Gasteiger partial charge >= 0.3 is 0 Å². The van der Waals surface area contributed by atoms with E-state index in [1.807, 2.05) is 36.4 Å². The Balaban J connectivity index is 2.04. The lowest BCUT2D eigenvalue weighted by atomic mass is 10.4. The number of hydrogen-bond acceptors (Lipinski definition) is 4. The van der Waals surface area contributed by atoms with Crippen molar-refractivity contribution < 1.29 is 0 Å². The molecule has 0 aliphatic heterocycles. The first-order valence-corrected chi connectivity index (χ1v) is 5.27. The van der Waals surface area contributed by atoms with Crippen LogP contribution in [0.15, 0.2) is 24.7 Å². The first-order valence-electron chi connectivity index (χ1n) is 4.63. The number of aromatic nitrogens is 4. The second kappa shape index (κ2) is 4.39. The molecule has 0 aliphatic rings. The molecule has 15 heavy (non-hydrogen) atoms. The zero-order valence-corrected chi connectivity index (χ0v) is 9.35. The predicted molar refractivity (Wildman–Crippen MR) is 62.0 cm³/mol. The molecule has 1 N–H and O–H groups in total. The van der Waals surface area contributed by atoms with E-state index in [4.69, 9.17) is 0 Å². The van der Waals surface area contributed by atoms with E-state index in [1.54, 1.807) is 4.68 Å². The average molecular weight is 223 g/mol. The molecule has 0 unspecified atom stereocenters. The lowest BCUT2D eigenvalue weighted by Crippen LogP contribution is -2.01. The zero-order valence-electron chi connectivity index (χ0n) is 8.46. The first kappa shape index (κ1) is 10.1. The number of thiol groups is 1. The van der Waals surface area contributed by atoms with E-state index in [-0.39, 0.29) is 0 Å². The molecule has 5 nitrogen and oxygen atoms in total. The van der Waals surface area contributed by atoms with Crippen LogP contribution in [-0.4, -0.2) is 25.4 Å². The third-order valence-electron chi connectivity index (χ3n) is 2.00. The summed E-state index contributed by atoms with van der Waals surface area (Å²) in [5.74, 6) is 1.43. The lowest BCUT2D eigenvalue weighted by Gasteiger charge is -1.98. The van der Waals surface area contributed by atoms with Gasteiger partial charge in [0.1, 0.15) is 5.82 Å². The molecule has 2 heterocycles. The zero-order chi connectivity index (χ0) is 10.7. The predicted octanol–water partition coefficient (Wildman–Crippen LogP) is 0.964. The molecule has 2 aromatic rings. The second-order valence-corrected chi connectivity index (χ2v) is 3.57. The number of rotatable bonds is 4. The summed E-state index contributed by atoms with van der Waals surface area (Å²) >= 11 is 4.07. The topological polar surface area (TPSA) is 47.7 Å². The Bertz CT molecular complexity index is 433. The Hall–Kier alpha value is -1.43. The van der Waals surface area contributed by atoms with E-state index in [1.165, 1.54) is 0 Å². The van der Waals surface area contributed by atoms with Gasteiger partial charge in [0.05, 0.1) is 18.6 Å². The van der Waals surface area contributed by atoms with Gasteiger partial charge in [-0.1, -0.05) is 0 Å². The van der Waals surface area contributed by atoms with Crippen molar-refractivity contribution in [1.82, 2.24) is 19.6 Å². The van der Waals surface area contributed by atoms with Gasteiger partial charge in [-0.15, -0.1) is 0 Å². The van der Waals surface area contributed by atoms with Crippen LogP contribution in [0.3, 0.4) is 0 Å². The van der Waals surface area contributed by atoms with Crippen LogP contribution in [0.1, 0.15) is 5.56 Å². The largest absolute Gasteiger partial charge is 0.360 e. The molecule has 0 radical (unpaired) electrons. The molecule has 0 spiro atoms. The molecule has 80 valence electrons. The monoisotopic (exact) mass is 223 g/mol. The molecular weight excluding hydrogens is 210 g/mol. The maximum absolute atomic E-state index is 4.32. The maximum atomic E-state index is 4.32. The number of anilines is 1. The fourth-order valence-corrected chi connectivity index (χ4v) is 1.53. The highest BCUT2D eigenvalue weighted by Gasteiger charge is 2.00. The first-order chi connectivity index (χ1) is 7.28. The highest BCUT2D eigenvalue weighted by Crippen LogP contribution is 2.05. The molecule has 0 saturated heterocycles. The quantitative estimate of drug-likeness (QED) is 0.599. The summed E-state index contributed by atoms with van der Waals surface area (Å²) in [5.41, 5.74) is 1.14. The molecule has 0 bridgehead atoms. The third kappa shape index (κ3) is 2.53. The SMILES string of the molecule is Cn1cc(Cn2ccc(NCS)n2)cn1. The van der Waals surface area contributed by atoms with E-state index >= 15 is 0 Å². The summed E-state index contributed by atoms with van der Waals surface area (Å²) in [4.78, 5) is 0. The maximum Gasteiger partial charge on any atom is 0.148 e. The molecule has 2 rings (SSSR count). The molecule has 0 atom stereocenters. The van der Waals surface area contributed by atoms with Crippen molar-refractivity contribution in [2.45, 2.75) is 6.54 Å². The van der Waals surface area contributed by atoms with Gasteiger partial charge in [-0.05, 0) is 0 Å². The molecule has 0 aromatic carbocycles. The van der Waals surface area contributed by atoms with E-state index < -0.39 is 0 Å². The van der Waals surface area contributed by atoms with Crippen molar-refractivity contribution in [3.05, 3.63) is 30.2 Å². The molecule has 0 amide bonds. The molecule has 0 fully saturated rings. The summed E-state index contributed by atoms with van der Waals surface area (Å²) in [5, 5.41) is 11.5. The normalized spacial score (nSPS) is 10.5. The minimum atomic E-state index is 0.587. The summed E-state index contributed by atoms with van der Waals surface area (Å²) in [6.07, 6.45) is 5.75. The van der Waals surface area contributed by atoms with Crippen LogP contribution in [-0.2, 0) is 13.6 Å². The van der Waals surface area contributed by atoms with Crippen LogP contribution >= 0.6 is 12.6 Å². The van der Waals surface area contributed by atoms with Gasteiger partial charge in [0.15, 0.2) is 0 Å². The summed E-state index contributed by atoms with van der Waals surface area (Å²) < 4.78 is 3.65. The number of hydrogen-bond donors (Lipinski definition) is 2. The Morgan fingerprint density at radius 3 is 3.07 bits per heavy atom. The molecule has 0 saturated carbocycles. The van der Waals surface area contributed by atoms with Crippen LogP contribution in [0.2, 0.25) is 0 Å². The van der Waals surface area contributed by atoms with Gasteiger partial charge < -0.3 is 5.32 Å². The minimum absolute atomic E-state index is 0.587. The van der Waals surface area contributed by atoms with Gasteiger partial charge in [-0.3, -0.25) is 9.36 Å².